The highest BCUT2D eigenvalue weighted by atomic mass is 15.1. The summed E-state index contributed by atoms with van der Waals surface area (Å²) in [5.41, 5.74) is 4.12. The summed E-state index contributed by atoms with van der Waals surface area (Å²) in [6, 6.07) is 16.0. The van der Waals surface area contributed by atoms with Crippen LogP contribution in [0, 0.1) is 6.92 Å². The average Bonchev–Trinajstić information content (AvgIpc) is 2.55. The fourth-order valence-electron chi connectivity index (χ4n) is 1.99. The van der Waals surface area contributed by atoms with Crippen molar-refractivity contribution in [2.75, 3.05) is 5.32 Å². The van der Waals surface area contributed by atoms with E-state index in [1.54, 1.807) is 12.4 Å². The van der Waals surface area contributed by atoms with Crippen LogP contribution in [0.5, 0.6) is 0 Å². The van der Waals surface area contributed by atoms with Gasteiger partial charge in [-0.15, -0.1) is 0 Å². The topological polar surface area (TPSA) is 50.7 Å². The number of nitrogens with one attached hydrogen (secondary N) is 1. The van der Waals surface area contributed by atoms with Gasteiger partial charge >= 0.3 is 0 Å². The maximum Gasteiger partial charge on any atom is 0.223 e. The van der Waals surface area contributed by atoms with Crippen molar-refractivity contribution >= 4 is 5.95 Å². The van der Waals surface area contributed by atoms with Gasteiger partial charge < -0.3 is 5.32 Å². The van der Waals surface area contributed by atoms with Crippen LogP contribution < -0.4 is 5.32 Å². The Morgan fingerprint density at radius 2 is 1.71 bits per heavy atom. The van der Waals surface area contributed by atoms with Gasteiger partial charge in [-0.2, -0.15) is 0 Å². The highest BCUT2D eigenvalue weighted by molar-refractivity contribution is 5.54. The SMILES string of the molecule is Cc1ccc(CNc2nccc(-c3ccccn3)n2)cc1. The van der Waals surface area contributed by atoms with Gasteiger partial charge in [0.05, 0.1) is 11.4 Å². The number of hydrogen-bond donors (Lipinski definition) is 1. The Bertz CT molecular complexity index is 708. The van der Waals surface area contributed by atoms with Crippen LogP contribution in [0.4, 0.5) is 5.95 Å². The van der Waals surface area contributed by atoms with Gasteiger partial charge in [-0.05, 0) is 30.7 Å². The number of benzene rings is 1. The van der Waals surface area contributed by atoms with E-state index in [1.807, 2.05) is 24.3 Å². The van der Waals surface area contributed by atoms with Crippen molar-refractivity contribution in [3.8, 4) is 11.4 Å². The second-order valence-corrected chi connectivity index (χ2v) is 4.82. The van der Waals surface area contributed by atoms with E-state index in [4.69, 9.17) is 0 Å². The lowest BCUT2D eigenvalue weighted by atomic mass is 10.1. The zero-order chi connectivity index (χ0) is 14.5. The molecule has 0 fully saturated rings. The standard InChI is InChI=1S/C17H16N4/c1-13-5-7-14(8-6-13)12-20-17-19-11-9-16(21-17)15-4-2-3-10-18-15/h2-11H,12H2,1H3,(H,19,20,21). The van der Waals surface area contributed by atoms with Crippen molar-refractivity contribution in [3.63, 3.8) is 0 Å². The van der Waals surface area contributed by atoms with Gasteiger partial charge in [0.1, 0.15) is 0 Å². The first-order chi connectivity index (χ1) is 10.3. The van der Waals surface area contributed by atoms with E-state index in [9.17, 15) is 0 Å². The zero-order valence-corrected chi connectivity index (χ0v) is 11.8. The fraction of sp³-hybridized carbons (Fsp3) is 0.118. The molecule has 4 nitrogen and oxygen atoms in total. The van der Waals surface area contributed by atoms with E-state index in [2.05, 4.69) is 51.5 Å². The van der Waals surface area contributed by atoms with Gasteiger partial charge in [-0.25, -0.2) is 9.97 Å². The van der Waals surface area contributed by atoms with E-state index in [-0.39, 0.29) is 0 Å². The second kappa shape index (κ2) is 6.13. The van der Waals surface area contributed by atoms with E-state index in [0.29, 0.717) is 12.5 Å². The lowest BCUT2D eigenvalue weighted by molar-refractivity contribution is 1.05. The second-order valence-electron chi connectivity index (χ2n) is 4.82. The third kappa shape index (κ3) is 3.42. The van der Waals surface area contributed by atoms with Gasteiger partial charge in [0.2, 0.25) is 5.95 Å². The molecule has 0 saturated heterocycles. The van der Waals surface area contributed by atoms with Crippen molar-refractivity contribution < 1.29 is 0 Å². The molecule has 0 aliphatic heterocycles. The van der Waals surface area contributed by atoms with E-state index >= 15 is 0 Å². The molecule has 0 saturated carbocycles. The molecule has 2 heterocycles. The Hall–Kier alpha value is -2.75. The lowest BCUT2D eigenvalue weighted by Gasteiger charge is -2.06. The monoisotopic (exact) mass is 276 g/mol. The Balaban J connectivity index is 1.73. The van der Waals surface area contributed by atoms with E-state index in [0.717, 1.165) is 11.4 Å². The van der Waals surface area contributed by atoms with E-state index < -0.39 is 0 Å². The molecular weight excluding hydrogens is 260 g/mol. The Morgan fingerprint density at radius 3 is 2.48 bits per heavy atom. The molecule has 21 heavy (non-hydrogen) atoms. The maximum atomic E-state index is 4.49. The van der Waals surface area contributed by atoms with Crippen molar-refractivity contribution in [3.05, 3.63) is 72.1 Å². The van der Waals surface area contributed by atoms with Crippen molar-refractivity contribution in [2.45, 2.75) is 13.5 Å². The van der Waals surface area contributed by atoms with Gasteiger partial charge in [0.15, 0.2) is 0 Å². The molecule has 0 bridgehead atoms. The molecule has 3 rings (SSSR count). The Labute approximate surface area is 123 Å². The summed E-state index contributed by atoms with van der Waals surface area (Å²) >= 11 is 0. The van der Waals surface area contributed by atoms with Gasteiger partial charge in [0.25, 0.3) is 0 Å². The molecule has 2 aromatic heterocycles. The van der Waals surface area contributed by atoms with Crippen LogP contribution in [0.3, 0.4) is 0 Å². The predicted octanol–water partition coefficient (Wildman–Crippen LogP) is 3.46. The minimum Gasteiger partial charge on any atom is -0.350 e. The fourth-order valence-corrected chi connectivity index (χ4v) is 1.99. The number of aromatic nitrogens is 3. The molecule has 104 valence electrons. The summed E-state index contributed by atoms with van der Waals surface area (Å²) in [5.74, 6) is 0.610. The number of anilines is 1. The third-order valence-electron chi connectivity index (χ3n) is 3.15. The molecule has 1 N–H and O–H groups in total. The molecule has 0 spiro atoms. The summed E-state index contributed by atoms with van der Waals surface area (Å²) in [4.78, 5) is 13.0. The molecule has 0 atom stereocenters. The van der Waals surface area contributed by atoms with Gasteiger partial charge in [0, 0.05) is 18.9 Å². The van der Waals surface area contributed by atoms with Crippen LogP contribution in [-0.2, 0) is 6.54 Å². The minimum atomic E-state index is 0.610. The first-order valence-corrected chi connectivity index (χ1v) is 6.85. The third-order valence-corrected chi connectivity index (χ3v) is 3.15. The van der Waals surface area contributed by atoms with Crippen molar-refractivity contribution in [2.24, 2.45) is 0 Å². The summed E-state index contributed by atoms with van der Waals surface area (Å²) in [7, 11) is 0. The molecule has 1 aromatic carbocycles. The highest BCUT2D eigenvalue weighted by Crippen LogP contribution is 2.14. The van der Waals surface area contributed by atoms with Crippen LogP contribution in [-0.4, -0.2) is 15.0 Å². The minimum absolute atomic E-state index is 0.610. The van der Waals surface area contributed by atoms with Crippen LogP contribution in [0.15, 0.2) is 60.9 Å². The number of aryl methyl sites for hydroxylation is 1. The van der Waals surface area contributed by atoms with Gasteiger partial charge in [-0.3, -0.25) is 4.98 Å². The lowest BCUT2D eigenvalue weighted by Crippen LogP contribution is -2.04. The average molecular weight is 276 g/mol. The predicted molar refractivity (Wildman–Crippen MR) is 83.8 cm³/mol. The first-order valence-electron chi connectivity index (χ1n) is 6.85. The summed E-state index contributed by atoms with van der Waals surface area (Å²) in [6.07, 6.45) is 3.51. The summed E-state index contributed by atoms with van der Waals surface area (Å²) < 4.78 is 0. The van der Waals surface area contributed by atoms with Crippen LogP contribution >= 0.6 is 0 Å². The van der Waals surface area contributed by atoms with Crippen LogP contribution in [0.2, 0.25) is 0 Å². The van der Waals surface area contributed by atoms with Crippen molar-refractivity contribution in [1.82, 2.24) is 15.0 Å². The molecule has 0 aliphatic rings. The summed E-state index contributed by atoms with van der Waals surface area (Å²) in [5, 5.41) is 3.24. The highest BCUT2D eigenvalue weighted by Gasteiger charge is 2.02. The van der Waals surface area contributed by atoms with E-state index in [1.165, 1.54) is 11.1 Å². The van der Waals surface area contributed by atoms with Crippen LogP contribution in [0.25, 0.3) is 11.4 Å². The molecular formula is C17H16N4. The van der Waals surface area contributed by atoms with Gasteiger partial charge in [-0.1, -0.05) is 35.9 Å². The molecule has 0 radical (unpaired) electrons. The number of pyridine rings is 1. The Kier molecular flexibility index (Phi) is 3.87. The molecule has 3 aromatic rings. The molecule has 0 unspecified atom stereocenters. The quantitative estimate of drug-likeness (QED) is 0.793. The maximum absolute atomic E-state index is 4.49. The number of hydrogen-bond acceptors (Lipinski definition) is 4. The molecule has 0 amide bonds. The molecule has 4 heteroatoms. The summed E-state index contributed by atoms with van der Waals surface area (Å²) in [6.45, 7) is 2.78. The smallest absolute Gasteiger partial charge is 0.223 e. The number of nitrogens with zero attached hydrogens (tertiary/aromatic N) is 3. The molecule has 0 aliphatic carbocycles. The van der Waals surface area contributed by atoms with Crippen molar-refractivity contribution in [1.29, 1.82) is 0 Å². The number of rotatable bonds is 4. The normalized spacial score (nSPS) is 10.3. The Morgan fingerprint density at radius 1 is 0.857 bits per heavy atom. The largest absolute Gasteiger partial charge is 0.350 e. The zero-order valence-electron chi connectivity index (χ0n) is 11.8. The first kappa shape index (κ1) is 13.2. The van der Waals surface area contributed by atoms with Crippen LogP contribution in [0.1, 0.15) is 11.1 Å².